The second kappa shape index (κ2) is 2.70. The summed E-state index contributed by atoms with van der Waals surface area (Å²) < 4.78 is 12.7. The van der Waals surface area contributed by atoms with Gasteiger partial charge in [0.2, 0.25) is 5.91 Å². The number of primary amides is 1. The van der Waals surface area contributed by atoms with Crippen molar-refractivity contribution in [2.45, 2.75) is 6.92 Å². The molecular formula is C8H8FNO. The highest BCUT2D eigenvalue weighted by Crippen LogP contribution is 2.07. The van der Waals surface area contributed by atoms with Gasteiger partial charge in [0.05, 0.1) is 0 Å². The van der Waals surface area contributed by atoms with Crippen LogP contribution in [0.2, 0.25) is 0 Å². The minimum absolute atomic E-state index is 0.202. The van der Waals surface area contributed by atoms with Gasteiger partial charge in [-0.2, -0.15) is 0 Å². The first-order valence-electron chi connectivity index (χ1n) is 3.17. The Morgan fingerprint density at radius 3 is 2.64 bits per heavy atom. The van der Waals surface area contributed by atoms with E-state index in [1.807, 2.05) is 0 Å². The van der Waals surface area contributed by atoms with E-state index in [9.17, 15) is 9.18 Å². The fraction of sp³-hybridized carbons (Fsp3) is 0.125. The lowest BCUT2D eigenvalue weighted by Crippen LogP contribution is -2.11. The lowest BCUT2D eigenvalue weighted by Gasteiger charge is -1.97. The Kier molecular flexibility index (Phi) is 1.89. The van der Waals surface area contributed by atoms with Crippen molar-refractivity contribution in [1.82, 2.24) is 0 Å². The van der Waals surface area contributed by atoms with E-state index < -0.39 is 11.7 Å². The SMILES string of the molecule is Cc1ccc(C(N)=O)cc1F. The molecule has 0 unspecified atom stereocenters. The number of hydrogen-bond donors (Lipinski definition) is 1. The molecule has 0 heterocycles. The van der Waals surface area contributed by atoms with Crippen molar-refractivity contribution in [3.05, 3.63) is 35.1 Å². The van der Waals surface area contributed by atoms with Gasteiger partial charge in [-0.3, -0.25) is 4.79 Å². The van der Waals surface area contributed by atoms with E-state index in [0.717, 1.165) is 6.07 Å². The van der Waals surface area contributed by atoms with Crippen LogP contribution in [0, 0.1) is 12.7 Å². The van der Waals surface area contributed by atoms with Gasteiger partial charge in [-0.25, -0.2) is 4.39 Å². The van der Waals surface area contributed by atoms with Gasteiger partial charge < -0.3 is 5.73 Å². The van der Waals surface area contributed by atoms with Gasteiger partial charge in [-0.1, -0.05) is 6.07 Å². The summed E-state index contributed by atoms with van der Waals surface area (Å²) in [5, 5.41) is 0. The Balaban J connectivity index is 3.15. The summed E-state index contributed by atoms with van der Waals surface area (Å²) in [6, 6.07) is 4.16. The molecule has 0 aliphatic heterocycles. The largest absolute Gasteiger partial charge is 0.366 e. The van der Waals surface area contributed by atoms with Crippen LogP contribution in [0.25, 0.3) is 0 Å². The van der Waals surface area contributed by atoms with Crippen molar-refractivity contribution in [3.63, 3.8) is 0 Å². The van der Waals surface area contributed by atoms with Crippen LogP contribution in [-0.4, -0.2) is 5.91 Å². The molecule has 1 aromatic carbocycles. The molecule has 0 saturated heterocycles. The third-order valence-electron chi connectivity index (χ3n) is 1.46. The zero-order chi connectivity index (χ0) is 8.43. The van der Waals surface area contributed by atoms with E-state index in [2.05, 4.69) is 0 Å². The third-order valence-corrected chi connectivity index (χ3v) is 1.46. The van der Waals surface area contributed by atoms with Crippen molar-refractivity contribution in [3.8, 4) is 0 Å². The molecule has 0 fully saturated rings. The van der Waals surface area contributed by atoms with Crippen LogP contribution in [0.15, 0.2) is 18.2 Å². The van der Waals surface area contributed by atoms with Crippen molar-refractivity contribution in [2.75, 3.05) is 0 Å². The highest BCUT2D eigenvalue weighted by Gasteiger charge is 2.02. The molecule has 0 spiro atoms. The molecule has 0 radical (unpaired) electrons. The van der Waals surface area contributed by atoms with Crippen molar-refractivity contribution in [2.24, 2.45) is 5.73 Å². The molecule has 58 valence electrons. The standard InChI is InChI=1S/C8H8FNO/c1-5-2-3-6(8(10)11)4-7(5)9/h2-4H,1H3,(H2,10,11). The van der Waals surface area contributed by atoms with E-state index in [-0.39, 0.29) is 5.56 Å². The Labute approximate surface area is 63.8 Å². The monoisotopic (exact) mass is 153 g/mol. The predicted molar refractivity (Wildman–Crippen MR) is 39.7 cm³/mol. The summed E-state index contributed by atoms with van der Waals surface area (Å²) in [5.41, 5.74) is 5.64. The molecule has 0 aliphatic carbocycles. The first-order chi connectivity index (χ1) is 5.11. The van der Waals surface area contributed by atoms with Crippen LogP contribution in [-0.2, 0) is 0 Å². The van der Waals surface area contributed by atoms with E-state index in [0.29, 0.717) is 5.56 Å². The van der Waals surface area contributed by atoms with Crippen LogP contribution in [0.5, 0.6) is 0 Å². The summed E-state index contributed by atoms with van der Waals surface area (Å²) in [6.07, 6.45) is 0. The lowest BCUT2D eigenvalue weighted by molar-refractivity contribution is 0.1000. The molecule has 0 aromatic heterocycles. The zero-order valence-electron chi connectivity index (χ0n) is 6.10. The first kappa shape index (κ1) is 7.72. The summed E-state index contributed by atoms with van der Waals surface area (Å²) >= 11 is 0. The number of aryl methyl sites for hydroxylation is 1. The van der Waals surface area contributed by atoms with Gasteiger partial charge >= 0.3 is 0 Å². The fourth-order valence-electron chi connectivity index (χ4n) is 0.746. The third kappa shape index (κ3) is 1.55. The number of amides is 1. The van der Waals surface area contributed by atoms with Gasteiger partial charge in [-0.05, 0) is 24.6 Å². The first-order valence-corrected chi connectivity index (χ1v) is 3.17. The quantitative estimate of drug-likeness (QED) is 0.647. The average Bonchev–Trinajstić information content (AvgIpc) is 1.94. The molecular weight excluding hydrogens is 145 g/mol. The summed E-state index contributed by atoms with van der Waals surface area (Å²) in [7, 11) is 0. The molecule has 1 rings (SSSR count). The summed E-state index contributed by atoms with van der Waals surface area (Å²) in [4.78, 5) is 10.5. The molecule has 0 atom stereocenters. The van der Waals surface area contributed by atoms with Crippen molar-refractivity contribution in [1.29, 1.82) is 0 Å². The maximum absolute atomic E-state index is 12.7. The van der Waals surface area contributed by atoms with E-state index in [1.165, 1.54) is 12.1 Å². The second-order valence-corrected chi connectivity index (χ2v) is 2.33. The second-order valence-electron chi connectivity index (χ2n) is 2.33. The topological polar surface area (TPSA) is 43.1 Å². The highest BCUT2D eigenvalue weighted by atomic mass is 19.1. The van der Waals surface area contributed by atoms with Gasteiger partial charge in [0.25, 0.3) is 0 Å². The highest BCUT2D eigenvalue weighted by molar-refractivity contribution is 5.92. The molecule has 0 aliphatic rings. The number of rotatable bonds is 1. The minimum Gasteiger partial charge on any atom is -0.366 e. The number of benzene rings is 1. The number of hydrogen-bond acceptors (Lipinski definition) is 1. The summed E-state index contributed by atoms with van der Waals surface area (Å²) in [5.74, 6) is -1.01. The van der Waals surface area contributed by atoms with Crippen LogP contribution in [0.3, 0.4) is 0 Å². The summed E-state index contributed by atoms with van der Waals surface area (Å²) in [6.45, 7) is 1.63. The maximum Gasteiger partial charge on any atom is 0.248 e. The number of carbonyl (C=O) groups excluding carboxylic acids is 1. The smallest absolute Gasteiger partial charge is 0.248 e. The van der Waals surface area contributed by atoms with Crippen LogP contribution < -0.4 is 5.73 Å². The number of halogens is 1. The van der Waals surface area contributed by atoms with Crippen molar-refractivity contribution >= 4 is 5.91 Å². The molecule has 1 aromatic rings. The van der Waals surface area contributed by atoms with Gasteiger partial charge in [0.1, 0.15) is 5.82 Å². The normalized spacial score (nSPS) is 9.64. The van der Waals surface area contributed by atoms with Crippen molar-refractivity contribution < 1.29 is 9.18 Å². The Morgan fingerprint density at radius 1 is 1.55 bits per heavy atom. The minimum atomic E-state index is -0.608. The number of nitrogens with two attached hydrogens (primary N) is 1. The van der Waals surface area contributed by atoms with Gasteiger partial charge in [0.15, 0.2) is 0 Å². The van der Waals surface area contributed by atoms with Gasteiger partial charge in [-0.15, -0.1) is 0 Å². The fourth-order valence-corrected chi connectivity index (χ4v) is 0.746. The van der Waals surface area contributed by atoms with Crippen LogP contribution in [0.1, 0.15) is 15.9 Å². The van der Waals surface area contributed by atoms with E-state index in [1.54, 1.807) is 6.92 Å². The molecule has 3 heteroatoms. The molecule has 2 nitrogen and oxygen atoms in total. The molecule has 0 bridgehead atoms. The molecule has 2 N–H and O–H groups in total. The Morgan fingerprint density at radius 2 is 2.18 bits per heavy atom. The Bertz CT molecular complexity index is 296. The molecule has 11 heavy (non-hydrogen) atoms. The molecule has 1 amide bonds. The van der Waals surface area contributed by atoms with Crippen LogP contribution in [0.4, 0.5) is 4.39 Å². The van der Waals surface area contributed by atoms with E-state index in [4.69, 9.17) is 5.73 Å². The average molecular weight is 153 g/mol. The predicted octanol–water partition coefficient (Wildman–Crippen LogP) is 1.23. The van der Waals surface area contributed by atoms with Gasteiger partial charge in [0, 0.05) is 5.56 Å². The zero-order valence-corrected chi connectivity index (χ0v) is 6.10. The lowest BCUT2D eigenvalue weighted by atomic mass is 10.1. The maximum atomic E-state index is 12.7. The van der Waals surface area contributed by atoms with Crippen LogP contribution >= 0.6 is 0 Å². The molecule has 0 saturated carbocycles. The van der Waals surface area contributed by atoms with E-state index >= 15 is 0 Å². The number of carbonyl (C=O) groups is 1. The Hall–Kier alpha value is -1.38.